The van der Waals surface area contributed by atoms with E-state index in [4.69, 9.17) is 6.42 Å². The Kier molecular flexibility index (Phi) is 4.58. The van der Waals surface area contributed by atoms with Crippen molar-refractivity contribution in [1.29, 1.82) is 0 Å². The number of carbonyl (C=O) groups is 2. The standard InChI is InChI=1S/C7H8NO3/c1-3-4-11-7(10)5-8-6(2)9/h1H,2,4-5H2,(H,8,9). The molecule has 0 spiro atoms. The van der Waals surface area contributed by atoms with Gasteiger partial charge in [-0.2, -0.15) is 0 Å². The molecule has 0 bridgehead atoms. The van der Waals surface area contributed by atoms with Crippen molar-refractivity contribution in [1.82, 2.24) is 5.32 Å². The van der Waals surface area contributed by atoms with Crippen molar-refractivity contribution < 1.29 is 14.3 Å². The maximum atomic E-state index is 10.5. The van der Waals surface area contributed by atoms with E-state index in [9.17, 15) is 9.59 Å². The van der Waals surface area contributed by atoms with Gasteiger partial charge in [0.05, 0.1) is 0 Å². The Morgan fingerprint density at radius 1 is 1.64 bits per heavy atom. The SMILES string of the molecule is C#CCOC(=O)CNC([CH2])=O. The third kappa shape index (κ3) is 6.38. The first-order chi connectivity index (χ1) is 5.16. The zero-order valence-corrected chi connectivity index (χ0v) is 5.92. The minimum Gasteiger partial charge on any atom is -0.451 e. The first-order valence-corrected chi connectivity index (χ1v) is 2.85. The predicted molar refractivity (Wildman–Crippen MR) is 38.2 cm³/mol. The van der Waals surface area contributed by atoms with E-state index in [1.54, 1.807) is 0 Å². The molecular weight excluding hydrogens is 146 g/mol. The molecule has 4 heteroatoms. The lowest BCUT2D eigenvalue weighted by molar-refractivity contribution is -0.142. The molecule has 1 radical (unpaired) electrons. The van der Waals surface area contributed by atoms with Gasteiger partial charge in [-0.1, -0.05) is 5.92 Å². The lowest BCUT2D eigenvalue weighted by Gasteiger charge is -2.00. The van der Waals surface area contributed by atoms with Crippen LogP contribution in [0.25, 0.3) is 0 Å². The predicted octanol–water partition coefficient (Wildman–Crippen LogP) is -0.887. The lowest BCUT2D eigenvalue weighted by Crippen LogP contribution is -2.28. The van der Waals surface area contributed by atoms with E-state index in [0.717, 1.165) is 0 Å². The van der Waals surface area contributed by atoms with Crippen molar-refractivity contribution in [3.05, 3.63) is 6.92 Å². The van der Waals surface area contributed by atoms with E-state index < -0.39 is 11.9 Å². The molecule has 1 amide bonds. The Bertz CT molecular complexity index is 192. The summed E-state index contributed by atoms with van der Waals surface area (Å²) in [5.41, 5.74) is 0. The van der Waals surface area contributed by atoms with Gasteiger partial charge in [0, 0.05) is 6.92 Å². The van der Waals surface area contributed by atoms with E-state index in [-0.39, 0.29) is 13.2 Å². The highest BCUT2D eigenvalue weighted by Gasteiger charge is 2.00. The van der Waals surface area contributed by atoms with Crippen LogP contribution in [0.2, 0.25) is 0 Å². The van der Waals surface area contributed by atoms with Crippen LogP contribution in [-0.2, 0) is 14.3 Å². The van der Waals surface area contributed by atoms with E-state index >= 15 is 0 Å². The molecule has 0 unspecified atom stereocenters. The zero-order valence-electron chi connectivity index (χ0n) is 5.92. The summed E-state index contributed by atoms with van der Waals surface area (Å²) in [6.07, 6.45) is 4.81. The van der Waals surface area contributed by atoms with Gasteiger partial charge < -0.3 is 10.1 Å². The summed E-state index contributed by atoms with van der Waals surface area (Å²) >= 11 is 0. The Hall–Kier alpha value is -1.50. The van der Waals surface area contributed by atoms with Crippen LogP contribution in [0.5, 0.6) is 0 Å². The second-order valence-electron chi connectivity index (χ2n) is 1.64. The van der Waals surface area contributed by atoms with Crippen molar-refractivity contribution >= 4 is 11.9 Å². The fourth-order valence-corrected chi connectivity index (χ4v) is 0.344. The van der Waals surface area contributed by atoms with Crippen molar-refractivity contribution in [2.75, 3.05) is 13.2 Å². The van der Waals surface area contributed by atoms with E-state index in [0.29, 0.717) is 0 Å². The molecule has 0 saturated heterocycles. The van der Waals surface area contributed by atoms with E-state index in [2.05, 4.69) is 22.9 Å². The third-order valence-corrected chi connectivity index (χ3v) is 0.746. The smallest absolute Gasteiger partial charge is 0.326 e. The summed E-state index contributed by atoms with van der Waals surface area (Å²) in [6.45, 7) is 2.72. The first-order valence-electron chi connectivity index (χ1n) is 2.85. The largest absolute Gasteiger partial charge is 0.451 e. The minimum atomic E-state index is -0.569. The molecule has 0 aliphatic heterocycles. The van der Waals surface area contributed by atoms with Crippen LogP contribution in [0.3, 0.4) is 0 Å². The minimum absolute atomic E-state index is 0.0775. The molecule has 11 heavy (non-hydrogen) atoms. The Morgan fingerprint density at radius 2 is 2.27 bits per heavy atom. The maximum Gasteiger partial charge on any atom is 0.326 e. The topological polar surface area (TPSA) is 55.4 Å². The van der Waals surface area contributed by atoms with Gasteiger partial charge in [-0.05, 0) is 0 Å². The molecule has 0 aromatic heterocycles. The summed E-state index contributed by atoms with van der Waals surface area (Å²) in [6, 6.07) is 0. The average Bonchev–Trinajstić information content (AvgIpc) is 1.97. The number of ether oxygens (including phenoxy) is 1. The molecule has 1 N–H and O–H groups in total. The molecule has 0 aliphatic carbocycles. The molecule has 0 fully saturated rings. The highest BCUT2D eigenvalue weighted by atomic mass is 16.5. The van der Waals surface area contributed by atoms with E-state index in [1.807, 2.05) is 0 Å². The monoisotopic (exact) mass is 154 g/mol. The molecule has 4 nitrogen and oxygen atoms in total. The number of hydrogen-bond donors (Lipinski definition) is 1. The lowest BCUT2D eigenvalue weighted by atomic mass is 10.6. The summed E-state index contributed by atoms with van der Waals surface area (Å²) in [5.74, 6) is 1.02. The summed E-state index contributed by atoms with van der Waals surface area (Å²) in [5, 5.41) is 2.16. The van der Waals surface area contributed by atoms with Crippen LogP contribution in [0.1, 0.15) is 0 Å². The van der Waals surface area contributed by atoms with Crippen molar-refractivity contribution in [3.63, 3.8) is 0 Å². The van der Waals surface area contributed by atoms with Gasteiger partial charge in [0.2, 0.25) is 5.91 Å². The van der Waals surface area contributed by atoms with Gasteiger partial charge in [-0.25, -0.2) is 0 Å². The number of nitrogens with one attached hydrogen (secondary N) is 1. The summed E-state index contributed by atoms with van der Waals surface area (Å²) in [7, 11) is 0. The van der Waals surface area contributed by atoms with E-state index in [1.165, 1.54) is 0 Å². The van der Waals surface area contributed by atoms with Crippen molar-refractivity contribution in [2.24, 2.45) is 0 Å². The highest BCUT2D eigenvalue weighted by molar-refractivity contribution is 5.84. The van der Waals surface area contributed by atoms with Gasteiger partial charge in [-0.15, -0.1) is 6.42 Å². The number of hydrogen-bond acceptors (Lipinski definition) is 3. The van der Waals surface area contributed by atoms with Gasteiger partial charge in [0.1, 0.15) is 6.54 Å². The van der Waals surface area contributed by atoms with Gasteiger partial charge in [0.25, 0.3) is 0 Å². The molecular formula is C7H8NO3. The Morgan fingerprint density at radius 3 is 2.73 bits per heavy atom. The molecule has 59 valence electrons. The van der Waals surface area contributed by atoms with Crippen LogP contribution in [0, 0.1) is 19.3 Å². The molecule has 0 saturated carbocycles. The third-order valence-electron chi connectivity index (χ3n) is 0.746. The number of carbonyl (C=O) groups excluding carboxylic acids is 2. The summed E-state index contributed by atoms with van der Waals surface area (Å²) < 4.78 is 4.42. The van der Waals surface area contributed by atoms with Gasteiger partial charge in [0.15, 0.2) is 6.61 Å². The number of terminal acetylenes is 1. The fourth-order valence-electron chi connectivity index (χ4n) is 0.344. The fraction of sp³-hybridized carbons (Fsp3) is 0.286. The van der Waals surface area contributed by atoms with Crippen molar-refractivity contribution in [3.8, 4) is 12.3 Å². The molecule has 0 atom stereocenters. The molecule has 0 aromatic rings. The molecule has 0 heterocycles. The zero-order chi connectivity index (χ0) is 8.69. The molecule has 0 aliphatic rings. The first kappa shape index (κ1) is 9.50. The van der Waals surface area contributed by atoms with Crippen LogP contribution < -0.4 is 5.32 Å². The summed E-state index contributed by atoms with van der Waals surface area (Å²) in [4.78, 5) is 20.7. The number of amides is 1. The van der Waals surface area contributed by atoms with Crippen LogP contribution >= 0.6 is 0 Å². The van der Waals surface area contributed by atoms with Gasteiger partial charge in [-0.3, -0.25) is 9.59 Å². The normalized spacial score (nSPS) is 8.00. The highest BCUT2D eigenvalue weighted by Crippen LogP contribution is 1.74. The Balaban J connectivity index is 3.39. The van der Waals surface area contributed by atoms with Crippen LogP contribution in [0.15, 0.2) is 0 Å². The molecule has 0 rings (SSSR count). The number of rotatable bonds is 3. The number of esters is 1. The van der Waals surface area contributed by atoms with Crippen molar-refractivity contribution in [2.45, 2.75) is 0 Å². The molecule has 0 aromatic carbocycles. The Labute approximate surface area is 64.9 Å². The van der Waals surface area contributed by atoms with Gasteiger partial charge >= 0.3 is 5.97 Å². The quantitative estimate of drug-likeness (QED) is 0.424. The second-order valence-corrected chi connectivity index (χ2v) is 1.64. The second kappa shape index (κ2) is 5.30. The van der Waals surface area contributed by atoms with Crippen LogP contribution in [-0.4, -0.2) is 25.0 Å². The van der Waals surface area contributed by atoms with Crippen LogP contribution in [0.4, 0.5) is 0 Å². The maximum absolute atomic E-state index is 10.5. The average molecular weight is 154 g/mol.